The van der Waals surface area contributed by atoms with Gasteiger partial charge < -0.3 is 15.0 Å². The predicted octanol–water partition coefficient (Wildman–Crippen LogP) is 3.96. The van der Waals surface area contributed by atoms with Crippen LogP contribution in [0.5, 0.6) is 5.75 Å². The van der Waals surface area contributed by atoms with Crippen molar-refractivity contribution in [3.8, 4) is 5.75 Å². The van der Waals surface area contributed by atoms with Crippen LogP contribution in [-0.2, 0) is 4.79 Å². The summed E-state index contributed by atoms with van der Waals surface area (Å²) in [6, 6.07) is 12.4. The number of thiocarbonyl (C=S) groups is 1. The lowest BCUT2D eigenvalue weighted by molar-refractivity contribution is -0.116. The molecule has 0 saturated heterocycles. The summed E-state index contributed by atoms with van der Waals surface area (Å²) in [5, 5.41) is 5.74. The van der Waals surface area contributed by atoms with Crippen molar-refractivity contribution in [2.75, 3.05) is 23.9 Å². The third kappa shape index (κ3) is 5.77. The van der Waals surface area contributed by atoms with Gasteiger partial charge in [-0.1, -0.05) is 22.0 Å². The molecule has 0 radical (unpaired) electrons. The van der Waals surface area contributed by atoms with Crippen LogP contribution in [0.15, 0.2) is 46.9 Å². The Hall–Kier alpha value is -2.45. The summed E-state index contributed by atoms with van der Waals surface area (Å²) in [6.45, 7) is 3.78. The molecule has 0 saturated carbocycles. The van der Waals surface area contributed by atoms with Crippen molar-refractivity contribution in [2.24, 2.45) is 0 Å². The molecule has 2 N–H and O–H groups in total. The zero-order valence-corrected chi connectivity index (χ0v) is 17.6. The molecule has 2 rings (SSSR count). The minimum absolute atomic E-state index is 0.0823. The number of carbonyl (C=O) groups excluding carboxylic acids is 2. The van der Waals surface area contributed by atoms with E-state index in [0.29, 0.717) is 29.3 Å². The van der Waals surface area contributed by atoms with Gasteiger partial charge >= 0.3 is 0 Å². The molecule has 6 nitrogen and oxygen atoms in total. The Morgan fingerprint density at radius 2 is 1.96 bits per heavy atom. The van der Waals surface area contributed by atoms with Crippen LogP contribution in [0.4, 0.5) is 11.4 Å². The third-order valence-electron chi connectivity index (χ3n) is 3.68. The van der Waals surface area contributed by atoms with Gasteiger partial charge in [0.15, 0.2) is 5.11 Å². The van der Waals surface area contributed by atoms with E-state index in [-0.39, 0.29) is 16.9 Å². The lowest BCUT2D eigenvalue weighted by atomic mass is 10.2. The molecule has 0 bridgehead atoms. The molecule has 27 heavy (non-hydrogen) atoms. The van der Waals surface area contributed by atoms with Gasteiger partial charge in [-0.25, -0.2) is 0 Å². The summed E-state index contributed by atoms with van der Waals surface area (Å²) < 4.78 is 6.25. The summed E-state index contributed by atoms with van der Waals surface area (Å²) >= 11 is 8.59. The zero-order chi connectivity index (χ0) is 20.0. The first-order valence-corrected chi connectivity index (χ1v) is 9.41. The van der Waals surface area contributed by atoms with E-state index < -0.39 is 0 Å². The van der Waals surface area contributed by atoms with Gasteiger partial charge in [0.1, 0.15) is 5.75 Å². The maximum Gasteiger partial charge on any atom is 0.261 e. The Kier molecular flexibility index (Phi) is 7.32. The summed E-state index contributed by atoms with van der Waals surface area (Å²) in [4.78, 5) is 25.6. The SMILES string of the molecule is CCOc1ccc(Br)cc1C(=O)NC(=S)Nc1cccc(N(C)C(C)=O)c1. The van der Waals surface area contributed by atoms with Crippen molar-refractivity contribution in [2.45, 2.75) is 13.8 Å². The van der Waals surface area contributed by atoms with Crippen LogP contribution < -0.4 is 20.3 Å². The van der Waals surface area contributed by atoms with Gasteiger partial charge in [0.05, 0.1) is 12.2 Å². The van der Waals surface area contributed by atoms with E-state index in [1.807, 2.05) is 13.0 Å². The summed E-state index contributed by atoms with van der Waals surface area (Å²) in [7, 11) is 1.68. The van der Waals surface area contributed by atoms with Gasteiger partial charge in [0.25, 0.3) is 5.91 Å². The molecule has 0 unspecified atom stereocenters. The van der Waals surface area contributed by atoms with Crippen LogP contribution >= 0.6 is 28.1 Å². The molecule has 0 aliphatic rings. The Balaban J connectivity index is 2.10. The van der Waals surface area contributed by atoms with Gasteiger partial charge in [-0.2, -0.15) is 0 Å². The average molecular weight is 450 g/mol. The average Bonchev–Trinajstić information content (AvgIpc) is 2.62. The number of amides is 2. The van der Waals surface area contributed by atoms with Gasteiger partial charge in [-0.3, -0.25) is 14.9 Å². The predicted molar refractivity (Wildman–Crippen MR) is 115 cm³/mol. The monoisotopic (exact) mass is 449 g/mol. The summed E-state index contributed by atoms with van der Waals surface area (Å²) in [6.07, 6.45) is 0. The number of anilines is 2. The van der Waals surface area contributed by atoms with Gasteiger partial charge in [0.2, 0.25) is 5.91 Å². The number of nitrogens with one attached hydrogen (secondary N) is 2. The third-order valence-corrected chi connectivity index (χ3v) is 4.37. The normalized spacial score (nSPS) is 10.1. The first kappa shape index (κ1) is 20.9. The second-order valence-corrected chi connectivity index (χ2v) is 6.93. The Labute approximate surface area is 172 Å². The highest BCUT2D eigenvalue weighted by atomic mass is 79.9. The van der Waals surface area contributed by atoms with Crippen molar-refractivity contribution in [1.82, 2.24) is 5.32 Å². The van der Waals surface area contributed by atoms with Gasteiger partial charge in [-0.15, -0.1) is 0 Å². The van der Waals surface area contributed by atoms with Crippen molar-refractivity contribution >= 4 is 56.4 Å². The number of rotatable bonds is 5. The number of benzene rings is 2. The molecule has 0 aromatic heterocycles. The van der Waals surface area contributed by atoms with Crippen LogP contribution in [0, 0.1) is 0 Å². The highest BCUT2D eigenvalue weighted by Gasteiger charge is 2.15. The molecule has 0 fully saturated rings. The second-order valence-electron chi connectivity index (χ2n) is 5.61. The number of hydrogen-bond acceptors (Lipinski definition) is 4. The minimum atomic E-state index is -0.380. The quantitative estimate of drug-likeness (QED) is 0.675. The molecule has 142 valence electrons. The van der Waals surface area contributed by atoms with Crippen LogP contribution in [0.3, 0.4) is 0 Å². The van der Waals surface area contributed by atoms with E-state index in [0.717, 1.165) is 4.47 Å². The largest absolute Gasteiger partial charge is 0.493 e. The lowest BCUT2D eigenvalue weighted by Crippen LogP contribution is -2.34. The van der Waals surface area contributed by atoms with E-state index in [1.165, 1.54) is 11.8 Å². The fourth-order valence-corrected chi connectivity index (χ4v) is 2.84. The van der Waals surface area contributed by atoms with Crippen molar-refractivity contribution < 1.29 is 14.3 Å². The van der Waals surface area contributed by atoms with Crippen LogP contribution in [0.25, 0.3) is 0 Å². The Morgan fingerprint density at radius 3 is 2.63 bits per heavy atom. The molecule has 0 aliphatic carbocycles. The lowest BCUT2D eigenvalue weighted by Gasteiger charge is -2.17. The zero-order valence-electron chi connectivity index (χ0n) is 15.2. The Morgan fingerprint density at radius 1 is 1.22 bits per heavy atom. The number of nitrogens with zero attached hydrogens (tertiary/aromatic N) is 1. The van der Waals surface area contributed by atoms with Crippen LogP contribution in [0.2, 0.25) is 0 Å². The molecule has 0 spiro atoms. The molecule has 8 heteroatoms. The fraction of sp³-hybridized carbons (Fsp3) is 0.211. The van der Waals surface area contributed by atoms with E-state index in [2.05, 4.69) is 26.6 Å². The maximum absolute atomic E-state index is 12.6. The molecule has 2 aromatic carbocycles. The highest BCUT2D eigenvalue weighted by Crippen LogP contribution is 2.23. The molecular formula is C19H20BrN3O3S. The molecule has 0 aliphatic heterocycles. The van der Waals surface area contributed by atoms with Gasteiger partial charge in [0, 0.05) is 29.8 Å². The fourth-order valence-electron chi connectivity index (χ4n) is 2.27. The van der Waals surface area contributed by atoms with Crippen molar-refractivity contribution in [3.63, 3.8) is 0 Å². The number of hydrogen-bond donors (Lipinski definition) is 2. The molecule has 0 atom stereocenters. The highest BCUT2D eigenvalue weighted by molar-refractivity contribution is 9.10. The van der Waals surface area contributed by atoms with Crippen LogP contribution in [-0.4, -0.2) is 30.6 Å². The first-order chi connectivity index (χ1) is 12.8. The molecule has 0 heterocycles. The number of halogens is 1. The minimum Gasteiger partial charge on any atom is -0.493 e. The van der Waals surface area contributed by atoms with Crippen molar-refractivity contribution in [1.29, 1.82) is 0 Å². The van der Waals surface area contributed by atoms with E-state index in [4.69, 9.17) is 17.0 Å². The Bertz CT molecular complexity index is 873. The first-order valence-electron chi connectivity index (χ1n) is 8.21. The second kappa shape index (κ2) is 9.48. The smallest absolute Gasteiger partial charge is 0.261 e. The number of ether oxygens (including phenoxy) is 1. The van der Waals surface area contributed by atoms with E-state index >= 15 is 0 Å². The molecular weight excluding hydrogens is 430 g/mol. The van der Waals surface area contributed by atoms with Gasteiger partial charge in [-0.05, 0) is 55.5 Å². The van der Waals surface area contributed by atoms with Crippen LogP contribution in [0.1, 0.15) is 24.2 Å². The topological polar surface area (TPSA) is 70.7 Å². The number of carbonyl (C=O) groups is 2. The standard InChI is InChI=1S/C19H20BrN3O3S/c1-4-26-17-9-8-13(20)10-16(17)18(25)22-19(27)21-14-6-5-7-15(11-14)23(3)12(2)24/h5-11H,4H2,1-3H3,(H2,21,22,25,27). The molecule has 2 aromatic rings. The van der Waals surface area contributed by atoms with E-state index in [9.17, 15) is 9.59 Å². The van der Waals surface area contributed by atoms with E-state index in [1.54, 1.807) is 43.4 Å². The molecule has 2 amide bonds. The summed E-state index contributed by atoms with van der Waals surface area (Å²) in [5.41, 5.74) is 1.75. The van der Waals surface area contributed by atoms with Crippen molar-refractivity contribution in [3.05, 3.63) is 52.5 Å². The summed E-state index contributed by atoms with van der Waals surface area (Å²) in [5.74, 6) is 0.0153. The maximum atomic E-state index is 12.6.